The molecule has 0 radical (unpaired) electrons. The highest BCUT2D eigenvalue weighted by Gasteiger charge is 2.20. The van der Waals surface area contributed by atoms with Crippen LogP contribution in [-0.4, -0.2) is 11.3 Å². The summed E-state index contributed by atoms with van der Waals surface area (Å²) in [5.74, 6) is -1.76. The van der Waals surface area contributed by atoms with Gasteiger partial charge in [0.25, 0.3) is 0 Å². The maximum atomic E-state index is 12.6. The number of nitrogens with one attached hydrogen (secondary N) is 1. The molecule has 0 spiro atoms. The summed E-state index contributed by atoms with van der Waals surface area (Å²) in [4.78, 5) is 0. The normalized spacial score (nSPS) is 20.4. The number of anilines is 1. The van der Waals surface area contributed by atoms with Gasteiger partial charge in [0.15, 0.2) is 11.6 Å². The van der Waals surface area contributed by atoms with Crippen molar-refractivity contribution < 1.29 is 13.9 Å². The van der Waals surface area contributed by atoms with Crippen LogP contribution in [0.25, 0.3) is 0 Å². The first-order valence-corrected chi connectivity index (χ1v) is 3.59. The number of hydrogen-bond donors (Lipinski definition) is 2. The zero-order chi connectivity index (χ0) is 8.72. The second-order valence-corrected chi connectivity index (χ2v) is 2.79. The summed E-state index contributed by atoms with van der Waals surface area (Å²) in [7, 11) is 0. The van der Waals surface area contributed by atoms with E-state index in [1.54, 1.807) is 0 Å². The molecular weight excluding hydrogens is 164 g/mol. The Labute approximate surface area is 67.8 Å². The predicted octanol–water partition coefficient (Wildman–Crippen LogP) is 1.25. The van der Waals surface area contributed by atoms with Crippen molar-refractivity contribution in [1.82, 2.24) is 0 Å². The number of halogens is 2. The fraction of sp³-hybridized carbons (Fsp3) is 0.250. The second kappa shape index (κ2) is 2.42. The Kier molecular flexibility index (Phi) is 1.51. The lowest BCUT2D eigenvalue weighted by molar-refractivity contribution is 0.212. The maximum absolute atomic E-state index is 12.6. The first-order valence-electron chi connectivity index (χ1n) is 3.59. The molecule has 2 rings (SSSR count). The Morgan fingerprint density at radius 3 is 2.75 bits per heavy atom. The Bertz CT molecular complexity index is 296. The van der Waals surface area contributed by atoms with Crippen molar-refractivity contribution in [1.29, 1.82) is 0 Å². The molecule has 0 bridgehead atoms. The van der Waals surface area contributed by atoms with Gasteiger partial charge in [-0.1, -0.05) is 0 Å². The van der Waals surface area contributed by atoms with Gasteiger partial charge in [-0.15, -0.1) is 0 Å². The molecule has 1 heterocycles. The molecular formula is C8H7F2NO. The first-order chi connectivity index (χ1) is 5.66. The van der Waals surface area contributed by atoms with Gasteiger partial charge in [-0.2, -0.15) is 0 Å². The summed E-state index contributed by atoms with van der Waals surface area (Å²) < 4.78 is 25.2. The largest absolute Gasteiger partial charge is 0.373 e. The van der Waals surface area contributed by atoms with E-state index < -0.39 is 17.9 Å². The van der Waals surface area contributed by atoms with Gasteiger partial charge in [0.2, 0.25) is 0 Å². The van der Waals surface area contributed by atoms with Crippen molar-refractivity contribution in [2.45, 2.75) is 12.6 Å². The average Bonchev–Trinajstić information content (AvgIpc) is 2.30. The highest BCUT2D eigenvalue weighted by Crippen LogP contribution is 2.26. The van der Waals surface area contributed by atoms with Crippen molar-refractivity contribution in [2.75, 3.05) is 5.32 Å². The van der Waals surface area contributed by atoms with Gasteiger partial charge < -0.3 is 10.4 Å². The van der Waals surface area contributed by atoms with Crippen LogP contribution in [0.4, 0.5) is 14.5 Å². The average molecular weight is 171 g/mol. The second-order valence-electron chi connectivity index (χ2n) is 2.79. The monoisotopic (exact) mass is 171 g/mol. The van der Waals surface area contributed by atoms with Crippen LogP contribution in [0.15, 0.2) is 12.1 Å². The molecule has 0 fully saturated rings. The molecule has 0 aromatic heterocycles. The summed E-state index contributed by atoms with van der Waals surface area (Å²) in [6.07, 6.45) is -0.395. The van der Waals surface area contributed by atoms with E-state index in [0.29, 0.717) is 17.7 Å². The fourth-order valence-electron chi connectivity index (χ4n) is 1.33. The molecule has 0 saturated carbocycles. The van der Waals surface area contributed by atoms with Crippen LogP contribution in [0.1, 0.15) is 5.56 Å². The zero-order valence-electron chi connectivity index (χ0n) is 6.14. The van der Waals surface area contributed by atoms with E-state index in [1.807, 2.05) is 0 Å². The number of aliphatic hydroxyl groups is 1. The lowest BCUT2D eigenvalue weighted by Crippen LogP contribution is -2.12. The van der Waals surface area contributed by atoms with E-state index in [0.717, 1.165) is 12.1 Å². The van der Waals surface area contributed by atoms with Crippen molar-refractivity contribution in [3.63, 3.8) is 0 Å². The van der Waals surface area contributed by atoms with Crippen molar-refractivity contribution in [3.05, 3.63) is 29.3 Å². The van der Waals surface area contributed by atoms with Gasteiger partial charge in [-0.3, -0.25) is 0 Å². The van der Waals surface area contributed by atoms with Gasteiger partial charge in [0, 0.05) is 18.2 Å². The van der Waals surface area contributed by atoms with Gasteiger partial charge in [0.1, 0.15) is 6.23 Å². The minimum Gasteiger partial charge on any atom is -0.373 e. The van der Waals surface area contributed by atoms with E-state index in [1.165, 1.54) is 0 Å². The molecule has 0 aliphatic carbocycles. The van der Waals surface area contributed by atoms with Crippen molar-refractivity contribution >= 4 is 5.69 Å². The summed E-state index contributed by atoms with van der Waals surface area (Å²) in [6, 6.07) is 2.16. The number of hydrogen-bond acceptors (Lipinski definition) is 2. The number of rotatable bonds is 0. The Balaban J connectivity index is 2.48. The Morgan fingerprint density at radius 2 is 2.00 bits per heavy atom. The van der Waals surface area contributed by atoms with Gasteiger partial charge in [0.05, 0.1) is 0 Å². The van der Waals surface area contributed by atoms with E-state index in [-0.39, 0.29) is 0 Å². The molecule has 2 N–H and O–H groups in total. The Morgan fingerprint density at radius 1 is 1.33 bits per heavy atom. The highest BCUT2D eigenvalue weighted by atomic mass is 19.2. The van der Waals surface area contributed by atoms with Gasteiger partial charge in [-0.05, 0) is 11.6 Å². The minimum absolute atomic E-state index is 0.326. The minimum atomic E-state index is -0.893. The topological polar surface area (TPSA) is 32.3 Å². The van der Waals surface area contributed by atoms with E-state index in [9.17, 15) is 8.78 Å². The van der Waals surface area contributed by atoms with Crippen LogP contribution >= 0.6 is 0 Å². The molecule has 12 heavy (non-hydrogen) atoms. The third-order valence-corrected chi connectivity index (χ3v) is 1.88. The van der Waals surface area contributed by atoms with Crippen LogP contribution in [0.2, 0.25) is 0 Å². The van der Waals surface area contributed by atoms with Crippen LogP contribution in [0.3, 0.4) is 0 Å². The molecule has 1 aromatic carbocycles. The van der Waals surface area contributed by atoms with Crippen molar-refractivity contribution in [3.8, 4) is 0 Å². The highest BCUT2D eigenvalue weighted by molar-refractivity contribution is 5.56. The molecule has 64 valence electrons. The third kappa shape index (κ3) is 1.04. The first kappa shape index (κ1) is 7.49. The smallest absolute Gasteiger partial charge is 0.160 e. The summed E-state index contributed by atoms with van der Waals surface area (Å²) >= 11 is 0. The lowest BCUT2D eigenvalue weighted by atomic mass is 10.1. The van der Waals surface area contributed by atoms with Gasteiger partial charge >= 0.3 is 0 Å². The predicted molar refractivity (Wildman–Crippen MR) is 39.7 cm³/mol. The maximum Gasteiger partial charge on any atom is 0.160 e. The lowest BCUT2D eigenvalue weighted by Gasteiger charge is -2.01. The fourth-order valence-corrected chi connectivity index (χ4v) is 1.33. The molecule has 1 aromatic rings. The molecule has 0 saturated heterocycles. The standard InChI is InChI=1S/C8H7F2NO/c9-5-1-4-2-8(12)11-7(4)3-6(5)10/h1,3,8,11-12H,2H2. The van der Waals surface area contributed by atoms with E-state index in [2.05, 4.69) is 5.32 Å². The summed E-state index contributed by atoms with van der Waals surface area (Å²) in [6.45, 7) is 0. The number of benzene rings is 1. The molecule has 0 amide bonds. The Hall–Kier alpha value is -1.16. The summed E-state index contributed by atoms with van der Waals surface area (Å²) in [5.41, 5.74) is 1.09. The van der Waals surface area contributed by atoms with Crippen LogP contribution in [0, 0.1) is 11.6 Å². The van der Waals surface area contributed by atoms with E-state index >= 15 is 0 Å². The molecule has 2 nitrogen and oxygen atoms in total. The number of fused-ring (bicyclic) bond motifs is 1. The molecule has 1 unspecified atom stereocenters. The van der Waals surface area contributed by atoms with Crippen LogP contribution in [-0.2, 0) is 6.42 Å². The van der Waals surface area contributed by atoms with Gasteiger partial charge in [-0.25, -0.2) is 8.78 Å². The summed E-state index contributed by atoms with van der Waals surface area (Å²) in [5, 5.41) is 11.7. The van der Waals surface area contributed by atoms with E-state index in [4.69, 9.17) is 5.11 Å². The quantitative estimate of drug-likeness (QED) is 0.615. The molecule has 4 heteroatoms. The van der Waals surface area contributed by atoms with Crippen LogP contribution < -0.4 is 5.32 Å². The van der Waals surface area contributed by atoms with Crippen molar-refractivity contribution in [2.24, 2.45) is 0 Å². The SMILES string of the molecule is OC1Cc2cc(F)c(F)cc2N1. The number of aliphatic hydroxyl groups excluding tert-OH is 1. The van der Waals surface area contributed by atoms with Crippen LogP contribution in [0.5, 0.6) is 0 Å². The third-order valence-electron chi connectivity index (χ3n) is 1.88. The molecule has 1 aliphatic rings. The molecule has 1 atom stereocenters. The molecule has 1 aliphatic heterocycles. The zero-order valence-corrected chi connectivity index (χ0v) is 6.14.